The highest BCUT2D eigenvalue weighted by Gasteiger charge is 2.02. The van der Waals surface area contributed by atoms with Crippen molar-refractivity contribution in [3.63, 3.8) is 0 Å². The van der Waals surface area contributed by atoms with Crippen LogP contribution in [0.2, 0.25) is 0 Å². The zero-order valence-electron chi connectivity index (χ0n) is 11.4. The quantitative estimate of drug-likeness (QED) is 0.747. The van der Waals surface area contributed by atoms with Crippen molar-refractivity contribution in [2.75, 3.05) is 20.2 Å². The Labute approximate surface area is 109 Å². The fraction of sp³-hybridized carbons (Fsp3) is 0.467. The van der Waals surface area contributed by atoms with Gasteiger partial charge in [0.25, 0.3) is 0 Å². The molecule has 0 aliphatic carbocycles. The van der Waals surface area contributed by atoms with Crippen molar-refractivity contribution in [2.45, 2.75) is 26.7 Å². The van der Waals surface area contributed by atoms with Gasteiger partial charge < -0.3 is 10.1 Å². The zero-order chi connectivity index (χ0) is 13.4. The van der Waals surface area contributed by atoms with Gasteiger partial charge in [0.05, 0.1) is 7.11 Å². The van der Waals surface area contributed by atoms with Gasteiger partial charge in [-0.3, -0.25) is 0 Å². The Hall–Kier alpha value is -1.35. The molecular formula is C15H22FNO. The third kappa shape index (κ3) is 4.49. The average molecular weight is 251 g/mol. The molecule has 1 rings (SSSR count). The fourth-order valence-corrected chi connectivity index (χ4v) is 1.71. The van der Waals surface area contributed by atoms with Crippen LogP contribution >= 0.6 is 0 Å². The van der Waals surface area contributed by atoms with Crippen molar-refractivity contribution in [3.05, 3.63) is 35.2 Å². The molecule has 18 heavy (non-hydrogen) atoms. The van der Waals surface area contributed by atoms with E-state index in [2.05, 4.69) is 19.2 Å². The number of nitrogens with one attached hydrogen (secondary N) is 1. The van der Waals surface area contributed by atoms with Crippen LogP contribution in [0.5, 0.6) is 5.75 Å². The largest absolute Gasteiger partial charge is 0.494 e. The van der Waals surface area contributed by atoms with Crippen LogP contribution in [0.15, 0.2) is 23.8 Å². The highest BCUT2D eigenvalue weighted by atomic mass is 19.1. The van der Waals surface area contributed by atoms with Crippen LogP contribution in [-0.2, 0) is 0 Å². The predicted octanol–water partition coefficient (Wildman–Crippen LogP) is 3.63. The third-order valence-electron chi connectivity index (χ3n) is 2.78. The summed E-state index contributed by atoms with van der Waals surface area (Å²) in [5.41, 5.74) is 2.15. The van der Waals surface area contributed by atoms with E-state index in [-0.39, 0.29) is 11.6 Å². The summed E-state index contributed by atoms with van der Waals surface area (Å²) in [6, 6.07) is 5.04. The van der Waals surface area contributed by atoms with Crippen LogP contribution in [0.3, 0.4) is 0 Å². The van der Waals surface area contributed by atoms with Crippen molar-refractivity contribution in [2.24, 2.45) is 0 Å². The molecule has 1 aromatic carbocycles. The third-order valence-corrected chi connectivity index (χ3v) is 2.78. The lowest BCUT2D eigenvalue weighted by molar-refractivity contribution is 0.386. The summed E-state index contributed by atoms with van der Waals surface area (Å²) in [5.74, 6) is -0.0301. The van der Waals surface area contributed by atoms with E-state index < -0.39 is 0 Å². The highest BCUT2D eigenvalue weighted by molar-refractivity contribution is 5.54. The standard InChI is InChI=1S/C15H22FNO/c1-4-8-17-11-12(5-2)9-13-6-7-15(18-3)14(16)10-13/h6-7,9-10,17H,4-5,8,11H2,1-3H3. The number of hydrogen-bond donors (Lipinski definition) is 1. The predicted molar refractivity (Wildman–Crippen MR) is 74.4 cm³/mol. The molecule has 0 aliphatic heterocycles. The van der Waals surface area contributed by atoms with Crippen molar-refractivity contribution < 1.29 is 9.13 Å². The minimum absolute atomic E-state index is 0.286. The summed E-state index contributed by atoms with van der Waals surface area (Å²) in [7, 11) is 1.47. The normalized spacial score (nSPS) is 11.7. The van der Waals surface area contributed by atoms with E-state index in [0.29, 0.717) is 0 Å². The van der Waals surface area contributed by atoms with E-state index in [0.717, 1.165) is 31.5 Å². The molecular weight excluding hydrogens is 229 g/mol. The molecule has 0 unspecified atom stereocenters. The molecule has 0 amide bonds. The molecule has 3 heteroatoms. The summed E-state index contributed by atoms with van der Waals surface area (Å²) in [5, 5.41) is 3.36. The van der Waals surface area contributed by atoms with Crippen molar-refractivity contribution in [3.8, 4) is 5.75 Å². The maximum absolute atomic E-state index is 13.5. The molecule has 0 spiro atoms. The molecule has 0 bridgehead atoms. The molecule has 1 aromatic rings. The van der Waals surface area contributed by atoms with Gasteiger partial charge in [0.15, 0.2) is 11.6 Å². The van der Waals surface area contributed by atoms with Gasteiger partial charge in [-0.1, -0.05) is 31.6 Å². The van der Waals surface area contributed by atoms with Crippen LogP contribution in [0, 0.1) is 5.82 Å². The van der Waals surface area contributed by atoms with Crippen molar-refractivity contribution in [1.29, 1.82) is 0 Å². The van der Waals surface area contributed by atoms with Gasteiger partial charge in [0, 0.05) is 6.54 Å². The molecule has 0 fully saturated rings. The smallest absolute Gasteiger partial charge is 0.165 e. The first-order chi connectivity index (χ1) is 8.71. The molecule has 0 heterocycles. The van der Waals surface area contributed by atoms with E-state index in [1.54, 1.807) is 6.07 Å². The first-order valence-corrected chi connectivity index (χ1v) is 6.45. The Morgan fingerprint density at radius 2 is 2.17 bits per heavy atom. The monoisotopic (exact) mass is 251 g/mol. The van der Waals surface area contributed by atoms with Crippen LogP contribution in [-0.4, -0.2) is 20.2 Å². The Morgan fingerprint density at radius 3 is 2.72 bits per heavy atom. The first-order valence-electron chi connectivity index (χ1n) is 6.45. The Bertz CT molecular complexity index is 401. The van der Waals surface area contributed by atoms with E-state index in [9.17, 15) is 4.39 Å². The molecule has 2 nitrogen and oxygen atoms in total. The minimum atomic E-state index is -0.316. The second kappa shape index (κ2) is 7.88. The molecule has 1 N–H and O–H groups in total. The number of halogens is 1. The zero-order valence-corrected chi connectivity index (χ0v) is 11.4. The lowest BCUT2D eigenvalue weighted by Crippen LogP contribution is -2.17. The summed E-state index contributed by atoms with van der Waals surface area (Å²) >= 11 is 0. The molecule has 0 saturated carbocycles. The molecule has 0 saturated heterocycles. The van der Waals surface area contributed by atoms with Gasteiger partial charge in [0.1, 0.15) is 0 Å². The Morgan fingerprint density at radius 1 is 1.39 bits per heavy atom. The van der Waals surface area contributed by atoms with Gasteiger partial charge in [-0.2, -0.15) is 0 Å². The molecule has 0 atom stereocenters. The van der Waals surface area contributed by atoms with Gasteiger partial charge in [-0.05, 0) is 37.1 Å². The maximum Gasteiger partial charge on any atom is 0.165 e. The second-order valence-electron chi connectivity index (χ2n) is 4.23. The topological polar surface area (TPSA) is 21.3 Å². The van der Waals surface area contributed by atoms with Crippen LogP contribution in [0.1, 0.15) is 32.3 Å². The van der Waals surface area contributed by atoms with E-state index in [1.807, 2.05) is 12.1 Å². The van der Waals surface area contributed by atoms with Gasteiger partial charge >= 0.3 is 0 Å². The summed E-state index contributed by atoms with van der Waals surface area (Å²) in [4.78, 5) is 0. The number of hydrogen-bond acceptors (Lipinski definition) is 2. The minimum Gasteiger partial charge on any atom is -0.494 e. The summed E-state index contributed by atoms with van der Waals surface area (Å²) in [6.07, 6.45) is 4.11. The lowest BCUT2D eigenvalue weighted by atomic mass is 10.1. The average Bonchev–Trinajstić information content (AvgIpc) is 2.38. The fourth-order valence-electron chi connectivity index (χ4n) is 1.71. The number of rotatable bonds is 7. The maximum atomic E-state index is 13.5. The van der Waals surface area contributed by atoms with Gasteiger partial charge in [-0.25, -0.2) is 4.39 Å². The van der Waals surface area contributed by atoms with Gasteiger partial charge in [-0.15, -0.1) is 0 Å². The van der Waals surface area contributed by atoms with Crippen molar-refractivity contribution >= 4 is 6.08 Å². The molecule has 0 aliphatic rings. The Kier molecular flexibility index (Phi) is 6.44. The van der Waals surface area contributed by atoms with Crippen LogP contribution in [0.4, 0.5) is 4.39 Å². The molecule has 0 aromatic heterocycles. The summed E-state index contributed by atoms with van der Waals surface area (Å²) < 4.78 is 18.4. The molecule has 100 valence electrons. The number of methoxy groups -OCH3 is 1. The Balaban J connectivity index is 2.75. The van der Waals surface area contributed by atoms with E-state index in [1.165, 1.54) is 18.7 Å². The number of benzene rings is 1. The van der Waals surface area contributed by atoms with E-state index in [4.69, 9.17) is 4.74 Å². The van der Waals surface area contributed by atoms with Crippen LogP contribution in [0.25, 0.3) is 6.08 Å². The SMILES string of the molecule is CCCNCC(=Cc1ccc(OC)c(F)c1)CC. The van der Waals surface area contributed by atoms with Crippen LogP contribution < -0.4 is 10.1 Å². The highest BCUT2D eigenvalue weighted by Crippen LogP contribution is 2.19. The lowest BCUT2D eigenvalue weighted by Gasteiger charge is -2.07. The van der Waals surface area contributed by atoms with E-state index >= 15 is 0 Å². The molecule has 0 radical (unpaired) electrons. The van der Waals surface area contributed by atoms with Gasteiger partial charge in [0.2, 0.25) is 0 Å². The summed E-state index contributed by atoms with van der Waals surface area (Å²) in [6.45, 7) is 6.12. The van der Waals surface area contributed by atoms with Crippen molar-refractivity contribution in [1.82, 2.24) is 5.32 Å². The second-order valence-corrected chi connectivity index (χ2v) is 4.23. The first kappa shape index (κ1) is 14.7. The number of ether oxygens (including phenoxy) is 1.